The van der Waals surface area contributed by atoms with E-state index >= 15 is 0 Å². The molecule has 0 amide bonds. The van der Waals surface area contributed by atoms with Crippen LogP contribution >= 0.6 is 7.37 Å². The third-order valence-electron chi connectivity index (χ3n) is 4.81. The molecular formula is C16H27F3NO5P. The lowest BCUT2D eigenvalue weighted by Crippen LogP contribution is -2.44. The van der Waals surface area contributed by atoms with E-state index in [0.29, 0.717) is 51.5 Å². The summed E-state index contributed by atoms with van der Waals surface area (Å²) in [4.78, 5) is 34.2. The van der Waals surface area contributed by atoms with Gasteiger partial charge in [-0.3, -0.25) is 9.36 Å². The highest BCUT2D eigenvalue weighted by atomic mass is 31.2. The molecule has 1 aliphatic heterocycles. The van der Waals surface area contributed by atoms with Crippen molar-refractivity contribution in [2.45, 2.75) is 75.5 Å². The highest BCUT2D eigenvalue weighted by molar-refractivity contribution is 7.60. The van der Waals surface area contributed by atoms with E-state index in [-0.39, 0.29) is 19.0 Å². The van der Waals surface area contributed by atoms with Gasteiger partial charge in [-0.15, -0.1) is 0 Å². The quantitative estimate of drug-likeness (QED) is 0.305. The average Bonchev–Trinajstić information content (AvgIpc) is 2.60. The van der Waals surface area contributed by atoms with E-state index in [2.05, 4.69) is 4.74 Å². The molecule has 2 unspecified atom stereocenters. The van der Waals surface area contributed by atoms with Crippen molar-refractivity contribution in [3.8, 4) is 0 Å². The average molecular weight is 401 g/mol. The lowest BCUT2D eigenvalue weighted by Gasteiger charge is -2.35. The van der Waals surface area contributed by atoms with Crippen molar-refractivity contribution in [3.05, 3.63) is 0 Å². The van der Waals surface area contributed by atoms with Crippen molar-refractivity contribution in [1.82, 2.24) is 0 Å². The molecule has 1 rings (SSSR count). The Labute approximate surface area is 151 Å². The molecule has 0 aromatic rings. The summed E-state index contributed by atoms with van der Waals surface area (Å²) in [6, 6.07) is 0. The first-order valence-corrected chi connectivity index (χ1v) is 10.8. The van der Waals surface area contributed by atoms with E-state index in [0.717, 1.165) is 6.42 Å². The van der Waals surface area contributed by atoms with Gasteiger partial charge >= 0.3 is 18.1 Å². The molecule has 1 saturated heterocycles. The van der Waals surface area contributed by atoms with Gasteiger partial charge in [0.1, 0.15) is 5.16 Å². The zero-order valence-corrected chi connectivity index (χ0v) is 15.6. The molecule has 0 bridgehead atoms. The van der Waals surface area contributed by atoms with Crippen molar-refractivity contribution >= 4 is 19.3 Å². The fourth-order valence-electron chi connectivity index (χ4n) is 3.28. The van der Waals surface area contributed by atoms with Crippen LogP contribution in [-0.2, 0) is 18.9 Å². The van der Waals surface area contributed by atoms with Gasteiger partial charge in [0, 0.05) is 6.16 Å². The van der Waals surface area contributed by atoms with Crippen LogP contribution in [0.15, 0.2) is 0 Å². The van der Waals surface area contributed by atoms with Crippen molar-refractivity contribution in [3.63, 3.8) is 0 Å². The van der Waals surface area contributed by atoms with Crippen LogP contribution in [-0.4, -0.2) is 40.9 Å². The molecule has 26 heavy (non-hydrogen) atoms. The maximum Gasteiger partial charge on any atom is 0.491 e. The van der Waals surface area contributed by atoms with Crippen molar-refractivity contribution in [2.24, 2.45) is 5.73 Å². The topological polar surface area (TPSA) is 107 Å². The molecule has 1 fully saturated rings. The van der Waals surface area contributed by atoms with E-state index in [1.54, 1.807) is 0 Å². The van der Waals surface area contributed by atoms with Crippen LogP contribution in [0.2, 0.25) is 0 Å². The number of alkyl halides is 3. The number of hydrogen-bond donors (Lipinski definition) is 2. The smallest absolute Gasteiger partial charge is 0.386 e. The van der Waals surface area contributed by atoms with Gasteiger partial charge in [0.15, 0.2) is 0 Å². The molecule has 0 radical (unpaired) electrons. The zero-order valence-electron chi connectivity index (χ0n) is 14.7. The first-order chi connectivity index (χ1) is 12.1. The van der Waals surface area contributed by atoms with Crippen LogP contribution in [0, 0.1) is 0 Å². The van der Waals surface area contributed by atoms with Crippen LogP contribution in [0.5, 0.6) is 0 Å². The standard InChI is InChI=1S/C16H27F3NO5P/c17-16(18,19)14(22)25-13(21)15(10-6-4-7-11-20)9-5-2-1-3-8-12-26(15,23)24/h1-12,20H2,(H,23,24). The van der Waals surface area contributed by atoms with E-state index in [1.807, 2.05) is 0 Å². The minimum atomic E-state index is -5.34. The van der Waals surface area contributed by atoms with Gasteiger partial charge in [-0.25, -0.2) is 4.79 Å². The summed E-state index contributed by atoms with van der Waals surface area (Å²) < 4.78 is 54.5. The maximum absolute atomic E-state index is 13.0. The SMILES string of the molecule is NCCCCCC1(C(=O)OC(=O)C(F)(F)F)CCCCCCCP1(=O)O. The molecular weight excluding hydrogens is 374 g/mol. The number of esters is 2. The highest BCUT2D eigenvalue weighted by Crippen LogP contribution is 2.61. The van der Waals surface area contributed by atoms with Crippen molar-refractivity contribution < 1.29 is 37.0 Å². The third-order valence-corrected chi connectivity index (χ3v) is 7.70. The predicted octanol–water partition coefficient (Wildman–Crippen LogP) is 3.50. The summed E-state index contributed by atoms with van der Waals surface area (Å²) in [5.41, 5.74) is 5.41. The molecule has 6 nitrogen and oxygen atoms in total. The van der Waals surface area contributed by atoms with E-state index in [9.17, 15) is 32.2 Å². The van der Waals surface area contributed by atoms with Gasteiger partial charge in [-0.2, -0.15) is 13.2 Å². The summed E-state index contributed by atoms with van der Waals surface area (Å²) >= 11 is 0. The predicted molar refractivity (Wildman–Crippen MR) is 89.8 cm³/mol. The molecule has 0 aliphatic carbocycles. The van der Waals surface area contributed by atoms with Gasteiger partial charge < -0.3 is 15.4 Å². The van der Waals surface area contributed by atoms with Crippen molar-refractivity contribution in [1.29, 1.82) is 0 Å². The molecule has 10 heteroatoms. The monoisotopic (exact) mass is 401 g/mol. The van der Waals surface area contributed by atoms with Crippen LogP contribution in [0.3, 0.4) is 0 Å². The second-order valence-corrected chi connectivity index (χ2v) is 9.46. The zero-order chi connectivity index (χ0) is 19.8. The Morgan fingerprint density at radius 3 is 2.31 bits per heavy atom. The lowest BCUT2D eigenvalue weighted by molar-refractivity contribution is -0.202. The highest BCUT2D eigenvalue weighted by Gasteiger charge is 2.55. The number of hydrogen-bond acceptors (Lipinski definition) is 5. The van der Waals surface area contributed by atoms with Crippen LogP contribution < -0.4 is 5.73 Å². The summed E-state index contributed by atoms with van der Waals surface area (Å²) in [6.45, 7) is 0.404. The normalized spacial score (nSPS) is 27.9. The van der Waals surface area contributed by atoms with Gasteiger partial charge in [0.2, 0.25) is 7.37 Å². The molecule has 1 aliphatic rings. The summed E-state index contributed by atoms with van der Waals surface area (Å²) in [5.74, 6) is -4.18. The number of rotatable bonds is 6. The first-order valence-electron chi connectivity index (χ1n) is 8.92. The van der Waals surface area contributed by atoms with Crippen LogP contribution in [0.4, 0.5) is 13.2 Å². The second kappa shape index (κ2) is 9.85. The minimum absolute atomic E-state index is 0.0621. The summed E-state index contributed by atoms with van der Waals surface area (Å²) in [5, 5.41) is -1.97. The Morgan fingerprint density at radius 2 is 1.69 bits per heavy atom. The largest absolute Gasteiger partial charge is 0.491 e. The number of unbranched alkanes of at least 4 members (excludes halogenated alkanes) is 2. The summed E-state index contributed by atoms with van der Waals surface area (Å²) in [7, 11) is -4.17. The Morgan fingerprint density at radius 1 is 1.08 bits per heavy atom. The van der Waals surface area contributed by atoms with E-state index in [1.165, 1.54) is 0 Å². The minimum Gasteiger partial charge on any atom is -0.386 e. The molecule has 1 heterocycles. The first kappa shape index (κ1) is 23.1. The number of carbonyl (C=O) groups excluding carboxylic acids is 2. The molecule has 152 valence electrons. The maximum atomic E-state index is 13.0. The third kappa shape index (κ3) is 6.06. The Bertz CT molecular complexity index is 540. The number of carbonyl (C=O) groups is 2. The number of nitrogens with two attached hydrogens (primary N) is 1. The molecule has 0 aromatic heterocycles. The van der Waals surface area contributed by atoms with Gasteiger partial charge in [-0.1, -0.05) is 38.5 Å². The van der Waals surface area contributed by atoms with E-state index in [4.69, 9.17) is 5.73 Å². The number of ether oxygens (including phenoxy) is 1. The van der Waals surface area contributed by atoms with Gasteiger partial charge in [-0.05, 0) is 32.2 Å². The number of halogens is 3. The van der Waals surface area contributed by atoms with Gasteiger partial charge in [0.25, 0.3) is 0 Å². The molecule has 3 N–H and O–H groups in total. The van der Waals surface area contributed by atoms with Crippen LogP contribution in [0.1, 0.15) is 64.2 Å². The fraction of sp³-hybridized carbons (Fsp3) is 0.875. The Hall–Kier alpha value is -0.920. The fourth-order valence-corrected chi connectivity index (χ4v) is 5.71. The Balaban J connectivity index is 3.14. The second-order valence-electron chi connectivity index (χ2n) is 6.75. The molecule has 0 spiro atoms. The Kier molecular flexibility index (Phi) is 8.76. The molecule has 0 aromatic carbocycles. The molecule has 0 saturated carbocycles. The van der Waals surface area contributed by atoms with Gasteiger partial charge in [0.05, 0.1) is 0 Å². The lowest BCUT2D eigenvalue weighted by atomic mass is 9.93. The van der Waals surface area contributed by atoms with E-state index < -0.39 is 30.6 Å². The van der Waals surface area contributed by atoms with Crippen LogP contribution in [0.25, 0.3) is 0 Å². The molecule has 2 atom stereocenters. The van der Waals surface area contributed by atoms with Crippen molar-refractivity contribution in [2.75, 3.05) is 12.7 Å². The summed E-state index contributed by atoms with van der Waals surface area (Å²) in [6.07, 6.45) is -1.07.